The first kappa shape index (κ1) is 51.1. The predicted octanol–water partition coefficient (Wildman–Crippen LogP) is 7.97. The minimum absolute atomic E-state index is 0.0761. The molecule has 0 heterocycles. The molecule has 0 saturated heterocycles. The third-order valence-electron chi connectivity index (χ3n) is 10.1. The average Bonchev–Trinajstić information content (AvgIpc) is 3.15. The molecule has 0 aliphatic heterocycles. The Balaban J connectivity index is 2.42. The molecule has 1 saturated carbocycles. The molecule has 0 radical (unpaired) electrons. The number of unbranched alkanes of at least 4 members (excludes halogenated alkanes) is 22. The fraction of sp³-hybridized carbons (Fsp3) is 0.927. The Labute approximate surface area is 327 Å². The Kier molecular flexibility index (Phi) is 31.3. The molecule has 6 unspecified atom stereocenters. The smallest absolute Gasteiger partial charge is 0.457 e. The molecule has 6 N–H and O–H groups in total. The van der Waals surface area contributed by atoms with E-state index in [0.29, 0.717) is 13.0 Å². The van der Waals surface area contributed by atoms with E-state index in [1.807, 2.05) is 0 Å². The van der Waals surface area contributed by atoms with E-state index in [4.69, 9.17) is 18.5 Å². The number of esters is 1. The molecule has 1 rings (SSSR count). The number of aliphatic hydroxyl groups excluding tert-OH is 5. The SMILES string of the molecule is CCCC/C=C\CCCCCCCCOCC(COP(=O)(O)OC1C(O)C(O)C(O)C(O)C1O)OC(=O)CCCCCCCCCCCCCCCCC. The van der Waals surface area contributed by atoms with Gasteiger partial charge in [0.15, 0.2) is 0 Å². The van der Waals surface area contributed by atoms with Crippen LogP contribution in [0.15, 0.2) is 12.2 Å². The first-order valence-electron chi connectivity index (χ1n) is 21.5. The maximum absolute atomic E-state index is 12.8. The van der Waals surface area contributed by atoms with Crippen LogP contribution in [0.1, 0.15) is 181 Å². The standard InChI is InChI=1S/C41H79O12P/c1-3-5-7-9-11-13-15-17-18-19-20-22-24-26-28-30-35(42)52-34(32-50-31-29-27-25-23-21-16-14-12-10-8-6-4-2)33-51-54(48,49)53-41-39(46)37(44)36(43)38(45)40(41)47/h10,12,34,36-41,43-47H,3-9,11,13-33H2,1-2H3,(H,48,49)/b12-10-. The molecule has 0 spiro atoms. The molecule has 1 fully saturated rings. The monoisotopic (exact) mass is 795 g/mol. The minimum Gasteiger partial charge on any atom is -0.457 e. The van der Waals surface area contributed by atoms with Crippen molar-refractivity contribution in [3.05, 3.63) is 12.2 Å². The number of hydrogen-bond acceptors (Lipinski definition) is 11. The van der Waals surface area contributed by atoms with Gasteiger partial charge in [0.05, 0.1) is 13.2 Å². The summed E-state index contributed by atoms with van der Waals surface area (Å²) in [6.07, 6.45) is 21.4. The number of aliphatic hydroxyl groups is 5. The van der Waals surface area contributed by atoms with Gasteiger partial charge < -0.3 is 39.9 Å². The highest BCUT2D eigenvalue weighted by Crippen LogP contribution is 2.47. The number of carbonyl (C=O) groups excluding carboxylic acids is 1. The van der Waals surface area contributed by atoms with E-state index < -0.39 is 63.1 Å². The molecule has 320 valence electrons. The minimum atomic E-state index is -5.01. The number of phosphoric acid groups is 1. The summed E-state index contributed by atoms with van der Waals surface area (Å²) in [4.78, 5) is 23.1. The van der Waals surface area contributed by atoms with Crippen molar-refractivity contribution in [2.75, 3.05) is 19.8 Å². The number of phosphoric ester groups is 1. The largest absolute Gasteiger partial charge is 0.472 e. The molecule has 0 aromatic heterocycles. The lowest BCUT2D eigenvalue weighted by molar-refractivity contribution is -0.220. The number of allylic oxidation sites excluding steroid dienone is 2. The van der Waals surface area contributed by atoms with E-state index in [-0.39, 0.29) is 13.0 Å². The van der Waals surface area contributed by atoms with Crippen molar-refractivity contribution in [2.45, 2.75) is 224 Å². The Hall–Kier alpha value is -0.920. The zero-order valence-corrected chi connectivity index (χ0v) is 34.7. The first-order valence-corrected chi connectivity index (χ1v) is 23.0. The van der Waals surface area contributed by atoms with Crippen molar-refractivity contribution in [3.8, 4) is 0 Å². The highest BCUT2D eigenvalue weighted by molar-refractivity contribution is 7.47. The molecule has 0 amide bonds. The second-order valence-corrected chi connectivity index (χ2v) is 16.6. The lowest BCUT2D eigenvalue weighted by atomic mass is 9.85. The van der Waals surface area contributed by atoms with Crippen molar-refractivity contribution < 1.29 is 58.3 Å². The van der Waals surface area contributed by atoms with Crippen LogP contribution < -0.4 is 0 Å². The van der Waals surface area contributed by atoms with Gasteiger partial charge in [-0.05, 0) is 32.1 Å². The summed E-state index contributed by atoms with van der Waals surface area (Å²) in [7, 11) is -5.01. The third-order valence-corrected chi connectivity index (χ3v) is 11.1. The van der Waals surface area contributed by atoms with Crippen LogP contribution in [0.5, 0.6) is 0 Å². The predicted molar refractivity (Wildman–Crippen MR) is 212 cm³/mol. The third kappa shape index (κ3) is 25.4. The van der Waals surface area contributed by atoms with Crippen molar-refractivity contribution in [3.63, 3.8) is 0 Å². The second kappa shape index (κ2) is 33.1. The second-order valence-electron chi connectivity index (χ2n) is 15.2. The number of rotatable bonds is 36. The van der Waals surface area contributed by atoms with E-state index in [0.717, 1.165) is 57.8 Å². The lowest BCUT2D eigenvalue weighted by Gasteiger charge is -2.41. The van der Waals surface area contributed by atoms with Crippen LogP contribution in [0.25, 0.3) is 0 Å². The first-order chi connectivity index (χ1) is 26.0. The molecule has 1 aliphatic carbocycles. The van der Waals surface area contributed by atoms with Crippen LogP contribution in [-0.4, -0.2) is 98.9 Å². The quantitative estimate of drug-likeness (QED) is 0.0155. The maximum Gasteiger partial charge on any atom is 0.472 e. The van der Waals surface area contributed by atoms with Crippen LogP contribution in [0.4, 0.5) is 0 Å². The molecular formula is C41H79O12P. The van der Waals surface area contributed by atoms with E-state index in [2.05, 4.69) is 26.0 Å². The van der Waals surface area contributed by atoms with E-state index in [1.54, 1.807) is 0 Å². The molecule has 12 nitrogen and oxygen atoms in total. The number of carbonyl (C=O) groups is 1. The van der Waals surface area contributed by atoms with E-state index in [9.17, 15) is 39.8 Å². The summed E-state index contributed by atoms with van der Waals surface area (Å²) in [6.45, 7) is 4.21. The van der Waals surface area contributed by atoms with Crippen LogP contribution in [0, 0.1) is 0 Å². The summed E-state index contributed by atoms with van der Waals surface area (Å²) in [6, 6.07) is 0. The Bertz CT molecular complexity index is 952. The lowest BCUT2D eigenvalue weighted by Crippen LogP contribution is -2.64. The van der Waals surface area contributed by atoms with Gasteiger partial charge in [-0.2, -0.15) is 0 Å². The van der Waals surface area contributed by atoms with Crippen LogP contribution >= 0.6 is 7.82 Å². The Morgan fingerprint density at radius 2 is 1.00 bits per heavy atom. The van der Waals surface area contributed by atoms with Gasteiger partial charge in [0, 0.05) is 13.0 Å². The molecule has 0 bridgehead atoms. The normalized spacial score (nSPS) is 23.5. The van der Waals surface area contributed by atoms with Gasteiger partial charge in [0.1, 0.15) is 42.7 Å². The van der Waals surface area contributed by atoms with E-state index >= 15 is 0 Å². The van der Waals surface area contributed by atoms with Gasteiger partial charge in [-0.1, -0.05) is 154 Å². The zero-order chi connectivity index (χ0) is 39.9. The summed E-state index contributed by atoms with van der Waals surface area (Å²) < 4.78 is 34.1. The highest BCUT2D eigenvalue weighted by Gasteiger charge is 2.51. The van der Waals surface area contributed by atoms with Gasteiger partial charge in [0.25, 0.3) is 0 Å². The van der Waals surface area contributed by atoms with Crippen molar-refractivity contribution >= 4 is 13.8 Å². The molecule has 13 heteroatoms. The fourth-order valence-corrected chi connectivity index (χ4v) is 7.60. The van der Waals surface area contributed by atoms with Crippen molar-refractivity contribution in [1.82, 2.24) is 0 Å². The molecule has 6 atom stereocenters. The maximum atomic E-state index is 12.8. The molecule has 0 aromatic rings. The molecule has 0 aromatic carbocycles. The molecule has 1 aliphatic rings. The van der Waals surface area contributed by atoms with Gasteiger partial charge in [-0.25, -0.2) is 4.57 Å². The summed E-state index contributed by atoms with van der Waals surface area (Å²) in [5, 5.41) is 50.0. The summed E-state index contributed by atoms with van der Waals surface area (Å²) >= 11 is 0. The average molecular weight is 795 g/mol. The Morgan fingerprint density at radius 1 is 0.574 bits per heavy atom. The van der Waals surface area contributed by atoms with Gasteiger partial charge >= 0.3 is 13.8 Å². The van der Waals surface area contributed by atoms with Gasteiger partial charge in [-0.15, -0.1) is 0 Å². The van der Waals surface area contributed by atoms with Crippen molar-refractivity contribution in [1.29, 1.82) is 0 Å². The van der Waals surface area contributed by atoms with Crippen LogP contribution in [0.3, 0.4) is 0 Å². The highest BCUT2D eigenvalue weighted by atomic mass is 31.2. The van der Waals surface area contributed by atoms with Gasteiger partial charge in [-0.3, -0.25) is 13.8 Å². The van der Waals surface area contributed by atoms with Crippen LogP contribution in [-0.2, 0) is 27.9 Å². The molecule has 54 heavy (non-hydrogen) atoms. The van der Waals surface area contributed by atoms with Gasteiger partial charge in [0.2, 0.25) is 0 Å². The summed E-state index contributed by atoms with van der Waals surface area (Å²) in [5.41, 5.74) is 0. The zero-order valence-electron chi connectivity index (χ0n) is 33.8. The van der Waals surface area contributed by atoms with Crippen LogP contribution in [0.2, 0.25) is 0 Å². The van der Waals surface area contributed by atoms with Crippen molar-refractivity contribution in [2.24, 2.45) is 0 Å². The number of ether oxygens (including phenoxy) is 2. The number of hydrogen-bond donors (Lipinski definition) is 6. The fourth-order valence-electron chi connectivity index (χ4n) is 6.63. The topological polar surface area (TPSA) is 192 Å². The molecular weight excluding hydrogens is 715 g/mol. The summed E-state index contributed by atoms with van der Waals surface area (Å²) in [5.74, 6) is -0.478. The van der Waals surface area contributed by atoms with E-state index in [1.165, 1.54) is 96.3 Å². The Morgan fingerprint density at radius 3 is 1.52 bits per heavy atom.